The number of carbonyl (C=O) groups is 2. The van der Waals surface area contributed by atoms with E-state index in [9.17, 15) is 9.59 Å². The Balaban J connectivity index is 2.11. The van der Waals surface area contributed by atoms with Crippen molar-refractivity contribution >= 4 is 11.9 Å². The highest BCUT2D eigenvalue weighted by molar-refractivity contribution is 5.96. The Morgan fingerprint density at radius 1 is 1.30 bits per heavy atom. The van der Waals surface area contributed by atoms with Crippen molar-refractivity contribution in [2.45, 2.75) is 51.8 Å². The van der Waals surface area contributed by atoms with E-state index >= 15 is 0 Å². The summed E-state index contributed by atoms with van der Waals surface area (Å²) in [6.07, 6.45) is 2.96. The molecule has 0 bridgehead atoms. The van der Waals surface area contributed by atoms with E-state index in [0.717, 1.165) is 0 Å². The first-order valence-corrected chi connectivity index (χ1v) is 7.80. The predicted octanol–water partition coefficient (Wildman–Crippen LogP) is 2.68. The molecule has 0 radical (unpaired) electrons. The number of Topliss-reactive ketones (excluding diaryl/α,β-unsaturated/α-hetero) is 1. The number of pyridine rings is 1. The number of rotatable bonds is 3. The molecule has 1 amide bonds. The summed E-state index contributed by atoms with van der Waals surface area (Å²) in [7, 11) is 0. The molecule has 6 heteroatoms. The molecule has 2 heterocycles. The maximum absolute atomic E-state index is 12.5. The number of nitrogens with zero attached hydrogens (tertiary/aromatic N) is 2. The average molecular weight is 320 g/mol. The van der Waals surface area contributed by atoms with Crippen LogP contribution in [0.1, 0.15) is 44.5 Å². The van der Waals surface area contributed by atoms with Crippen molar-refractivity contribution in [2.24, 2.45) is 0 Å². The molecule has 1 aromatic heterocycles. The zero-order chi connectivity index (χ0) is 17.0. The summed E-state index contributed by atoms with van der Waals surface area (Å²) >= 11 is 0. The van der Waals surface area contributed by atoms with E-state index in [4.69, 9.17) is 9.47 Å². The fourth-order valence-electron chi connectivity index (χ4n) is 2.57. The van der Waals surface area contributed by atoms with E-state index in [1.165, 1.54) is 0 Å². The van der Waals surface area contributed by atoms with Crippen molar-refractivity contribution < 1.29 is 19.1 Å². The van der Waals surface area contributed by atoms with Crippen molar-refractivity contribution in [1.29, 1.82) is 0 Å². The molecule has 126 valence electrons. The lowest BCUT2D eigenvalue weighted by Crippen LogP contribution is -2.55. The maximum Gasteiger partial charge on any atom is 0.410 e. The molecule has 0 saturated carbocycles. The number of morpholine rings is 1. The molecule has 2 atom stereocenters. The van der Waals surface area contributed by atoms with Crippen LogP contribution in [0.4, 0.5) is 4.79 Å². The molecule has 6 nitrogen and oxygen atoms in total. The van der Waals surface area contributed by atoms with Gasteiger partial charge in [-0.15, -0.1) is 0 Å². The first-order chi connectivity index (χ1) is 10.8. The zero-order valence-electron chi connectivity index (χ0n) is 14.1. The van der Waals surface area contributed by atoms with Crippen LogP contribution >= 0.6 is 0 Å². The fourth-order valence-corrected chi connectivity index (χ4v) is 2.57. The molecule has 1 aromatic rings. The Morgan fingerprint density at radius 2 is 1.96 bits per heavy atom. The molecule has 23 heavy (non-hydrogen) atoms. The van der Waals surface area contributed by atoms with Gasteiger partial charge < -0.3 is 9.47 Å². The normalized spacial score (nSPS) is 21.8. The van der Waals surface area contributed by atoms with Crippen molar-refractivity contribution in [3.05, 3.63) is 30.1 Å². The quantitative estimate of drug-likeness (QED) is 0.801. The Hall–Kier alpha value is -1.95. The van der Waals surface area contributed by atoms with Gasteiger partial charge in [0.15, 0.2) is 5.78 Å². The fraction of sp³-hybridized carbons (Fsp3) is 0.588. The summed E-state index contributed by atoms with van der Waals surface area (Å²) in [5.41, 5.74) is 0.0109. The summed E-state index contributed by atoms with van der Waals surface area (Å²) in [6, 6.07) is 2.89. The standard InChI is InChI=1S/C17H24N2O4/c1-12-10-22-11-14(19(12)16(21)23-17(2,3)4)9-15(20)13-5-7-18-8-6-13/h5-8,12,14H,9-11H2,1-4H3. The van der Waals surface area contributed by atoms with Crippen molar-refractivity contribution in [3.63, 3.8) is 0 Å². The smallest absolute Gasteiger partial charge is 0.410 e. The molecule has 1 aliphatic rings. The van der Waals surface area contributed by atoms with Gasteiger partial charge in [0.25, 0.3) is 0 Å². The van der Waals surface area contributed by atoms with E-state index in [-0.39, 0.29) is 24.3 Å². The molecule has 0 spiro atoms. The molecule has 0 aliphatic carbocycles. The largest absolute Gasteiger partial charge is 0.444 e. The topological polar surface area (TPSA) is 68.7 Å². The Kier molecular flexibility index (Phi) is 5.36. The second-order valence-corrected chi connectivity index (χ2v) is 6.79. The lowest BCUT2D eigenvalue weighted by Gasteiger charge is -2.40. The first-order valence-electron chi connectivity index (χ1n) is 7.80. The summed E-state index contributed by atoms with van der Waals surface area (Å²) < 4.78 is 11.0. The maximum atomic E-state index is 12.5. The zero-order valence-corrected chi connectivity index (χ0v) is 14.1. The van der Waals surface area contributed by atoms with E-state index in [1.807, 2.05) is 27.7 Å². The molecule has 1 fully saturated rings. The third kappa shape index (κ3) is 4.76. The van der Waals surface area contributed by atoms with Gasteiger partial charge in [-0.25, -0.2) is 4.79 Å². The average Bonchev–Trinajstić information content (AvgIpc) is 2.46. The van der Waals surface area contributed by atoms with Crippen LogP contribution in [0.15, 0.2) is 24.5 Å². The van der Waals surface area contributed by atoms with Gasteiger partial charge in [-0.3, -0.25) is 14.7 Å². The molecular formula is C17H24N2O4. The minimum absolute atomic E-state index is 0.0383. The van der Waals surface area contributed by atoms with Gasteiger partial charge in [0, 0.05) is 24.4 Å². The number of carbonyl (C=O) groups excluding carboxylic acids is 2. The molecule has 0 aromatic carbocycles. The highest BCUT2D eigenvalue weighted by Gasteiger charge is 2.36. The highest BCUT2D eigenvalue weighted by Crippen LogP contribution is 2.21. The molecule has 2 rings (SSSR count). The molecular weight excluding hydrogens is 296 g/mol. The van der Waals surface area contributed by atoms with Crippen LogP contribution in [0.2, 0.25) is 0 Å². The number of amides is 1. The number of aromatic nitrogens is 1. The number of hydrogen-bond acceptors (Lipinski definition) is 5. The van der Waals surface area contributed by atoms with Gasteiger partial charge in [-0.1, -0.05) is 0 Å². The van der Waals surface area contributed by atoms with Crippen molar-refractivity contribution in [3.8, 4) is 0 Å². The monoisotopic (exact) mass is 320 g/mol. The minimum atomic E-state index is -0.575. The Morgan fingerprint density at radius 3 is 2.57 bits per heavy atom. The van der Waals surface area contributed by atoms with Gasteiger partial charge in [0.05, 0.1) is 25.3 Å². The van der Waals surface area contributed by atoms with Crippen LogP contribution in [0, 0.1) is 0 Å². The Labute approximate surface area is 136 Å². The SMILES string of the molecule is CC1COCC(CC(=O)c2ccncc2)N1C(=O)OC(C)(C)C. The van der Waals surface area contributed by atoms with E-state index in [2.05, 4.69) is 4.98 Å². The Bertz CT molecular complexity index is 553. The summed E-state index contributed by atoms with van der Waals surface area (Å²) in [5.74, 6) is -0.0383. The minimum Gasteiger partial charge on any atom is -0.444 e. The third-order valence-corrected chi connectivity index (χ3v) is 3.57. The second-order valence-electron chi connectivity index (χ2n) is 6.79. The summed E-state index contributed by atoms with van der Waals surface area (Å²) in [4.78, 5) is 30.4. The van der Waals surface area contributed by atoms with E-state index < -0.39 is 11.7 Å². The van der Waals surface area contributed by atoms with Crippen LogP contribution in [-0.2, 0) is 9.47 Å². The van der Waals surface area contributed by atoms with Gasteiger partial charge >= 0.3 is 6.09 Å². The van der Waals surface area contributed by atoms with Crippen LogP contribution in [0.5, 0.6) is 0 Å². The number of ether oxygens (including phenoxy) is 2. The van der Waals surface area contributed by atoms with Crippen molar-refractivity contribution in [1.82, 2.24) is 9.88 Å². The van der Waals surface area contributed by atoms with E-state index in [0.29, 0.717) is 18.8 Å². The summed E-state index contributed by atoms with van der Waals surface area (Å²) in [6.45, 7) is 8.15. The van der Waals surface area contributed by atoms with Gasteiger partial charge in [-0.05, 0) is 39.8 Å². The van der Waals surface area contributed by atoms with Crippen molar-refractivity contribution in [2.75, 3.05) is 13.2 Å². The lowest BCUT2D eigenvalue weighted by atomic mass is 10.0. The number of hydrogen-bond donors (Lipinski definition) is 0. The van der Waals surface area contributed by atoms with Crippen LogP contribution in [0.3, 0.4) is 0 Å². The lowest BCUT2D eigenvalue weighted by molar-refractivity contribution is -0.0558. The van der Waals surface area contributed by atoms with Crippen LogP contribution in [0.25, 0.3) is 0 Å². The first kappa shape index (κ1) is 17.4. The molecule has 1 saturated heterocycles. The van der Waals surface area contributed by atoms with Crippen LogP contribution < -0.4 is 0 Å². The van der Waals surface area contributed by atoms with Gasteiger partial charge in [0.2, 0.25) is 0 Å². The molecule has 1 aliphatic heterocycles. The molecule has 2 unspecified atom stereocenters. The summed E-state index contributed by atoms with van der Waals surface area (Å²) in [5, 5.41) is 0. The predicted molar refractivity (Wildman–Crippen MR) is 85.3 cm³/mol. The number of ketones is 1. The van der Waals surface area contributed by atoms with Gasteiger partial charge in [0.1, 0.15) is 5.60 Å². The van der Waals surface area contributed by atoms with Gasteiger partial charge in [-0.2, -0.15) is 0 Å². The van der Waals surface area contributed by atoms with E-state index in [1.54, 1.807) is 29.4 Å². The third-order valence-electron chi connectivity index (χ3n) is 3.57. The molecule has 0 N–H and O–H groups in total. The highest BCUT2D eigenvalue weighted by atomic mass is 16.6. The second kappa shape index (κ2) is 7.08. The van der Waals surface area contributed by atoms with Crippen LogP contribution in [-0.4, -0.2) is 52.7 Å².